The normalized spacial score (nSPS) is 12.1. The van der Waals surface area contributed by atoms with Gasteiger partial charge in [0.05, 0.1) is 12.6 Å². The first-order valence-electron chi connectivity index (χ1n) is 5.66. The van der Waals surface area contributed by atoms with E-state index in [2.05, 4.69) is 5.32 Å². The van der Waals surface area contributed by atoms with Gasteiger partial charge in [-0.15, -0.1) is 0 Å². The highest BCUT2D eigenvalue weighted by atomic mass is 16.2. The molecular formula is C11H23N3O2. The topological polar surface area (TPSA) is 52.7 Å². The van der Waals surface area contributed by atoms with Crippen LogP contribution in [0.2, 0.25) is 0 Å². The number of nitrogens with one attached hydrogen (secondary N) is 1. The maximum absolute atomic E-state index is 11.7. The minimum Gasteiger partial charge on any atom is -0.345 e. The van der Waals surface area contributed by atoms with Crippen molar-refractivity contribution in [2.75, 3.05) is 33.7 Å². The van der Waals surface area contributed by atoms with Crippen LogP contribution in [0.15, 0.2) is 0 Å². The van der Waals surface area contributed by atoms with Crippen molar-refractivity contribution >= 4 is 11.8 Å². The molecule has 0 aromatic heterocycles. The molecule has 16 heavy (non-hydrogen) atoms. The fraction of sp³-hybridized carbons (Fsp3) is 0.818. The van der Waals surface area contributed by atoms with Gasteiger partial charge >= 0.3 is 0 Å². The van der Waals surface area contributed by atoms with E-state index in [0.29, 0.717) is 13.1 Å². The SMILES string of the molecule is CCN(C)C(=O)CNC(C)C(=O)N(C)CC. The first kappa shape index (κ1) is 14.9. The van der Waals surface area contributed by atoms with E-state index in [0.717, 1.165) is 0 Å². The van der Waals surface area contributed by atoms with Crippen LogP contribution in [0, 0.1) is 0 Å². The van der Waals surface area contributed by atoms with Crippen molar-refractivity contribution in [2.45, 2.75) is 26.8 Å². The third kappa shape index (κ3) is 4.61. The predicted molar refractivity (Wildman–Crippen MR) is 64.1 cm³/mol. The number of carbonyl (C=O) groups is 2. The first-order valence-corrected chi connectivity index (χ1v) is 5.66. The molecule has 1 unspecified atom stereocenters. The monoisotopic (exact) mass is 229 g/mol. The van der Waals surface area contributed by atoms with Crippen molar-refractivity contribution in [3.05, 3.63) is 0 Å². The molecule has 0 spiro atoms. The van der Waals surface area contributed by atoms with E-state index in [1.165, 1.54) is 0 Å². The molecule has 0 saturated heterocycles. The maximum Gasteiger partial charge on any atom is 0.239 e. The molecule has 0 heterocycles. The van der Waals surface area contributed by atoms with Gasteiger partial charge in [0.1, 0.15) is 0 Å². The summed E-state index contributed by atoms with van der Waals surface area (Å²) in [5, 5.41) is 2.93. The zero-order chi connectivity index (χ0) is 12.7. The van der Waals surface area contributed by atoms with E-state index in [4.69, 9.17) is 0 Å². The zero-order valence-corrected chi connectivity index (χ0v) is 10.9. The van der Waals surface area contributed by atoms with Crippen LogP contribution in [0.3, 0.4) is 0 Å². The number of likely N-dealkylation sites (N-methyl/N-ethyl adjacent to an activating group) is 2. The molecule has 0 aromatic carbocycles. The molecule has 0 aliphatic heterocycles. The summed E-state index contributed by atoms with van der Waals surface area (Å²) in [5.74, 6) is 0.00996. The number of rotatable bonds is 6. The summed E-state index contributed by atoms with van der Waals surface area (Å²) in [6.07, 6.45) is 0. The summed E-state index contributed by atoms with van der Waals surface area (Å²) in [6.45, 7) is 7.16. The van der Waals surface area contributed by atoms with Crippen LogP contribution in [-0.2, 0) is 9.59 Å². The predicted octanol–water partition coefficient (Wildman–Crippen LogP) is -0.0789. The largest absolute Gasteiger partial charge is 0.345 e. The third-order valence-electron chi connectivity index (χ3n) is 2.68. The van der Waals surface area contributed by atoms with Crippen molar-refractivity contribution in [1.82, 2.24) is 15.1 Å². The molecule has 0 saturated carbocycles. The molecule has 2 amide bonds. The van der Waals surface area contributed by atoms with Crippen LogP contribution < -0.4 is 5.32 Å². The number of hydrogen-bond acceptors (Lipinski definition) is 3. The van der Waals surface area contributed by atoms with Crippen molar-refractivity contribution in [2.24, 2.45) is 0 Å². The summed E-state index contributed by atoms with van der Waals surface area (Å²) in [5.41, 5.74) is 0. The Morgan fingerprint density at radius 2 is 1.62 bits per heavy atom. The van der Waals surface area contributed by atoms with Gasteiger partial charge in [-0.3, -0.25) is 14.9 Å². The second-order valence-electron chi connectivity index (χ2n) is 3.86. The molecule has 94 valence electrons. The Kier molecular flexibility index (Phi) is 6.72. The van der Waals surface area contributed by atoms with Gasteiger partial charge in [-0.2, -0.15) is 0 Å². The average Bonchev–Trinajstić information content (AvgIpc) is 2.32. The third-order valence-corrected chi connectivity index (χ3v) is 2.68. The Labute approximate surface area is 97.8 Å². The Bertz CT molecular complexity index is 243. The molecule has 0 rings (SSSR count). The van der Waals surface area contributed by atoms with Gasteiger partial charge in [0.15, 0.2) is 0 Å². The van der Waals surface area contributed by atoms with Gasteiger partial charge in [0.25, 0.3) is 0 Å². The second-order valence-corrected chi connectivity index (χ2v) is 3.86. The Morgan fingerprint density at radius 1 is 1.12 bits per heavy atom. The van der Waals surface area contributed by atoms with Gasteiger partial charge in [-0.05, 0) is 20.8 Å². The van der Waals surface area contributed by atoms with Crippen molar-refractivity contribution < 1.29 is 9.59 Å². The van der Waals surface area contributed by atoms with Gasteiger partial charge in [0.2, 0.25) is 11.8 Å². The number of carbonyl (C=O) groups excluding carboxylic acids is 2. The van der Waals surface area contributed by atoms with Crippen LogP contribution in [0.1, 0.15) is 20.8 Å². The molecule has 0 fully saturated rings. The molecule has 0 bridgehead atoms. The molecule has 5 heteroatoms. The van der Waals surface area contributed by atoms with Gasteiger partial charge < -0.3 is 9.80 Å². The fourth-order valence-electron chi connectivity index (χ4n) is 1.13. The van der Waals surface area contributed by atoms with Crippen LogP contribution in [0.5, 0.6) is 0 Å². The van der Waals surface area contributed by atoms with Crippen LogP contribution >= 0.6 is 0 Å². The van der Waals surface area contributed by atoms with Gasteiger partial charge in [-0.1, -0.05) is 0 Å². The van der Waals surface area contributed by atoms with Crippen molar-refractivity contribution in [1.29, 1.82) is 0 Å². The van der Waals surface area contributed by atoms with Gasteiger partial charge in [0, 0.05) is 27.2 Å². The fourth-order valence-corrected chi connectivity index (χ4v) is 1.13. The molecule has 0 radical (unpaired) electrons. The smallest absolute Gasteiger partial charge is 0.239 e. The number of amides is 2. The summed E-state index contributed by atoms with van der Waals surface area (Å²) >= 11 is 0. The molecule has 1 N–H and O–H groups in total. The van der Waals surface area contributed by atoms with E-state index < -0.39 is 0 Å². The summed E-state index contributed by atoms with van der Waals surface area (Å²) < 4.78 is 0. The quantitative estimate of drug-likeness (QED) is 0.693. The minimum atomic E-state index is -0.320. The maximum atomic E-state index is 11.7. The van der Waals surface area contributed by atoms with E-state index >= 15 is 0 Å². The number of hydrogen-bond donors (Lipinski definition) is 1. The van der Waals surface area contributed by atoms with E-state index in [9.17, 15) is 9.59 Å². The van der Waals surface area contributed by atoms with E-state index in [-0.39, 0.29) is 24.4 Å². The Balaban J connectivity index is 4.02. The molecule has 0 aromatic rings. The van der Waals surface area contributed by atoms with Crippen LogP contribution in [0.25, 0.3) is 0 Å². The molecule has 0 aliphatic carbocycles. The molecule has 5 nitrogen and oxygen atoms in total. The highest BCUT2D eigenvalue weighted by molar-refractivity contribution is 5.83. The highest BCUT2D eigenvalue weighted by Crippen LogP contribution is 1.92. The average molecular weight is 229 g/mol. The van der Waals surface area contributed by atoms with Crippen LogP contribution in [0.4, 0.5) is 0 Å². The zero-order valence-electron chi connectivity index (χ0n) is 10.9. The lowest BCUT2D eigenvalue weighted by Gasteiger charge is -2.21. The first-order chi connectivity index (χ1) is 7.43. The summed E-state index contributed by atoms with van der Waals surface area (Å²) in [6, 6.07) is -0.320. The summed E-state index contributed by atoms with van der Waals surface area (Å²) in [4.78, 5) is 26.4. The molecule has 0 aliphatic rings. The molecule has 1 atom stereocenters. The second kappa shape index (κ2) is 7.22. The lowest BCUT2D eigenvalue weighted by molar-refractivity contribution is -0.132. The number of nitrogens with zero attached hydrogens (tertiary/aromatic N) is 2. The van der Waals surface area contributed by atoms with Crippen molar-refractivity contribution in [3.8, 4) is 0 Å². The standard InChI is InChI=1S/C11H23N3O2/c1-6-13(4)10(15)8-12-9(3)11(16)14(5)7-2/h9,12H,6-8H2,1-5H3. The van der Waals surface area contributed by atoms with Crippen molar-refractivity contribution in [3.63, 3.8) is 0 Å². The van der Waals surface area contributed by atoms with Crippen LogP contribution in [-0.4, -0.2) is 61.4 Å². The van der Waals surface area contributed by atoms with E-state index in [1.807, 2.05) is 13.8 Å². The lowest BCUT2D eigenvalue weighted by Crippen LogP contribution is -2.46. The minimum absolute atomic E-state index is 0.00121. The van der Waals surface area contributed by atoms with Gasteiger partial charge in [-0.25, -0.2) is 0 Å². The highest BCUT2D eigenvalue weighted by Gasteiger charge is 2.17. The van der Waals surface area contributed by atoms with E-state index in [1.54, 1.807) is 30.8 Å². The Morgan fingerprint density at radius 3 is 2.06 bits per heavy atom. The Hall–Kier alpha value is -1.10. The molecular weight excluding hydrogens is 206 g/mol. The summed E-state index contributed by atoms with van der Waals surface area (Å²) in [7, 11) is 3.50. The lowest BCUT2D eigenvalue weighted by atomic mass is 10.3.